The molecule has 3 N–H and O–H groups in total. The molecule has 0 aliphatic heterocycles. The van der Waals surface area contributed by atoms with E-state index in [0.29, 0.717) is 12.8 Å². The van der Waals surface area contributed by atoms with E-state index in [1.807, 2.05) is 18.3 Å². The van der Waals surface area contributed by atoms with Crippen molar-refractivity contribution < 1.29 is 52.5 Å². The SMILES string of the molecule is CCOC(=O)C(CCC[n+]1ccc2ccccc2c1)C(=O)OCC.[O-][Cl+](O)(O)O. The fourth-order valence-corrected chi connectivity index (χ4v) is 2.61. The van der Waals surface area contributed by atoms with Gasteiger partial charge in [-0.25, -0.2) is 4.57 Å². The Hall–Kier alpha value is -2.30. The zero-order valence-corrected chi connectivity index (χ0v) is 17.1. The molecular formula is C19H27ClNO8+. The average molecular weight is 433 g/mol. The molecule has 0 atom stereocenters. The number of ether oxygens (including phenoxy) is 2. The number of benzene rings is 1. The summed E-state index contributed by atoms with van der Waals surface area (Å²) in [6.45, 7) is 4.69. The molecular weight excluding hydrogens is 406 g/mol. The Bertz CT molecular complexity index is 769. The van der Waals surface area contributed by atoms with Gasteiger partial charge in [-0.1, -0.05) is 18.2 Å². The number of esters is 2. The van der Waals surface area contributed by atoms with Gasteiger partial charge in [0, 0.05) is 17.9 Å². The van der Waals surface area contributed by atoms with Crippen LogP contribution in [0, 0.1) is 16.2 Å². The molecule has 0 unspecified atom stereocenters. The van der Waals surface area contributed by atoms with Crippen molar-refractivity contribution in [3.8, 4) is 0 Å². The number of carbonyl (C=O) groups excluding carboxylic acids is 2. The van der Waals surface area contributed by atoms with Crippen LogP contribution in [-0.2, 0) is 25.6 Å². The van der Waals surface area contributed by atoms with Gasteiger partial charge in [0.15, 0.2) is 18.3 Å². The van der Waals surface area contributed by atoms with Crippen molar-refractivity contribution in [3.63, 3.8) is 0 Å². The van der Waals surface area contributed by atoms with Gasteiger partial charge in [0.2, 0.25) is 0 Å². The first-order valence-electron chi connectivity index (χ1n) is 9.03. The molecule has 1 aromatic carbocycles. The third-order valence-electron chi connectivity index (χ3n) is 3.80. The second-order valence-electron chi connectivity index (χ2n) is 5.94. The first kappa shape index (κ1) is 24.7. The first-order valence-corrected chi connectivity index (χ1v) is 10.3. The molecule has 10 heteroatoms. The predicted octanol–water partition coefficient (Wildman–Crippen LogP) is -0.210. The first-order chi connectivity index (χ1) is 13.7. The summed E-state index contributed by atoms with van der Waals surface area (Å²) >= 11 is 0. The minimum absolute atomic E-state index is 0.258. The van der Waals surface area contributed by atoms with Crippen LogP contribution in [0.1, 0.15) is 26.7 Å². The Morgan fingerprint density at radius 3 is 2.07 bits per heavy atom. The molecule has 0 saturated heterocycles. The molecule has 0 saturated carbocycles. The van der Waals surface area contributed by atoms with Gasteiger partial charge in [-0.3, -0.25) is 9.59 Å². The fraction of sp³-hybridized carbons (Fsp3) is 0.421. The zero-order chi connectivity index (χ0) is 21.9. The number of aromatic nitrogens is 1. The van der Waals surface area contributed by atoms with Gasteiger partial charge in [0.1, 0.15) is 6.54 Å². The number of aryl methyl sites for hydroxylation is 1. The number of fused-ring (bicyclic) bond motifs is 1. The Labute approximate surface area is 170 Å². The van der Waals surface area contributed by atoms with E-state index in [1.165, 1.54) is 5.39 Å². The van der Waals surface area contributed by atoms with E-state index in [4.69, 9.17) is 28.1 Å². The predicted molar refractivity (Wildman–Crippen MR) is 96.8 cm³/mol. The summed E-state index contributed by atoms with van der Waals surface area (Å²) in [6, 6.07) is 10.2. The Kier molecular flexibility index (Phi) is 10.5. The van der Waals surface area contributed by atoms with Gasteiger partial charge in [-0.15, -0.1) is 0 Å². The van der Waals surface area contributed by atoms with Gasteiger partial charge in [0.25, 0.3) is 0 Å². The van der Waals surface area contributed by atoms with Gasteiger partial charge < -0.3 is 9.47 Å². The molecule has 0 radical (unpaired) electrons. The van der Waals surface area contributed by atoms with E-state index in [-0.39, 0.29) is 13.2 Å². The van der Waals surface area contributed by atoms with Crippen molar-refractivity contribution in [2.45, 2.75) is 33.2 Å². The van der Waals surface area contributed by atoms with Crippen molar-refractivity contribution in [2.24, 2.45) is 5.92 Å². The summed E-state index contributed by atoms with van der Waals surface area (Å²) in [6.07, 6.45) is 5.17. The van der Waals surface area contributed by atoms with Gasteiger partial charge >= 0.3 is 40.8 Å². The maximum atomic E-state index is 11.9. The number of nitrogens with zero attached hydrogens (tertiary/aromatic N) is 1. The van der Waals surface area contributed by atoms with E-state index >= 15 is 0 Å². The molecule has 2 aromatic rings. The van der Waals surface area contributed by atoms with Gasteiger partial charge in [-0.2, -0.15) is 0 Å². The molecule has 0 amide bonds. The quantitative estimate of drug-likeness (QED) is 0.295. The number of hydrogen-bond donors (Lipinski definition) is 3. The number of carbonyl (C=O) groups is 2. The number of hydrogen-bond acceptors (Lipinski definition) is 8. The van der Waals surface area contributed by atoms with E-state index in [0.717, 1.165) is 11.9 Å². The second kappa shape index (κ2) is 12.3. The molecule has 0 aliphatic rings. The maximum absolute atomic E-state index is 11.9. The van der Waals surface area contributed by atoms with Crippen molar-refractivity contribution >= 4 is 22.7 Å². The topological polar surface area (TPSA) is 140 Å². The standard InChI is InChI=1S/C19H24NO4.ClH3O4/c1-3-23-18(21)17(19(22)24-4-2)10-7-12-20-13-11-15-8-5-6-9-16(15)14-20;2-1(3,4)5/h5-6,8-9,11,13-14,17H,3-4,7,10,12H2,1-2H3;2-4H/q+1;. The minimum atomic E-state index is -4.19. The molecule has 162 valence electrons. The zero-order valence-electron chi connectivity index (χ0n) is 16.4. The van der Waals surface area contributed by atoms with Gasteiger partial charge in [0.05, 0.1) is 13.2 Å². The molecule has 9 nitrogen and oxygen atoms in total. The third kappa shape index (κ3) is 10.2. The number of pyridine rings is 1. The van der Waals surface area contributed by atoms with Crippen LogP contribution >= 0.6 is 0 Å². The Balaban J connectivity index is 0.000000749. The molecule has 0 fully saturated rings. The summed E-state index contributed by atoms with van der Waals surface area (Å²) in [4.78, 5) is 23.9. The molecule has 0 spiro atoms. The van der Waals surface area contributed by atoms with E-state index < -0.39 is 28.1 Å². The monoisotopic (exact) mass is 432 g/mol. The van der Waals surface area contributed by atoms with Crippen LogP contribution in [0.15, 0.2) is 42.7 Å². The van der Waals surface area contributed by atoms with Crippen LogP contribution in [0.4, 0.5) is 0 Å². The van der Waals surface area contributed by atoms with Crippen LogP contribution in [0.5, 0.6) is 0 Å². The molecule has 1 aromatic heterocycles. The van der Waals surface area contributed by atoms with Crippen LogP contribution < -0.4 is 9.23 Å². The molecule has 0 aliphatic carbocycles. The normalized spacial score (nSPS) is 11.6. The Morgan fingerprint density at radius 1 is 1.03 bits per heavy atom. The van der Waals surface area contributed by atoms with Crippen molar-refractivity contribution in [2.75, 3.05) is 13.2 Å². The summed E-state index contributed by atoms with van der Waals surface area (Å²) in [5.41, 5.74) is 0. The van der Waals surface area contributed by atoms with Crippen LogP contribution in [0.3, 0.4) is 0 Å². The van der Waals surface area contributed by atoms with Crippen LogP contribution in [-0.4, -0.2) is 39.1 Å². The average Bonchev–Trinajstić information content (AvgIpc) is 2.64. The van der Waals surface area contributed by atoms with Crippen molar-refractivity contribution in [1.82, 2.24) is 0 Å². The van der Waals surface area contributed by atoms with Crippen LogP contribution in [0.25, 0.3) is 10.8 Å². The van der Waals surface area contributed by atoms with E-state index in [1.54, 1.807) is 13.8 Å². The van der Waals surface area contributed by atoms with E-state index in [9.17, 15) is 9.59 Å². The van der Waals surface area contributed by atoms with Crippen LogP contribution in [0.2, 0.25) is 0 Å². The summed E-state index contributed by atoms with van der Waals surface area (Å²) in [5.74, 6) is -1.84. The summed E-state index contributed by atoms with van der Waals surface area (Å²) in [5, 5.41) is 2.34. The Morgan fingerprint density at radius 2 is 1.55 bits per heavy atom. The second-order valence-corrected chi connectivity index (χ2v) is 6.81. The fourth-order valence-electron chi connectivity index (χ4n) is 2.61. The molecule has 2 rings (SSSR count). The summed E-state index contributed by atoms with van der Waals surface area (Å²) < 4.78 is 42.3. The summed E-state index contributed by atoms with van der Waals surface area (Å²) in [7, 11) is -4.19. The molecule has 1 heterocycles. The molecule has 0 bridgehead atoms. The number of rotatable bonds is 8. The van der Waals surface area contributed by atoms with Crippen molar-refractivity contribution in [3.05, 3.63) is 42.7 Å². The molecule has 29 heavy (non-hydrogen) atoms. The van der Waals surface area contributed by atoms with Gasteiger partial charge in [-0.05, 0) is 31.7 Å². The van der Waals surface area contributed by atoms with E-state index in [2.05, 4.69) is 29.0 Å². The van der Waals surface area contributed by atoms with Crippen molar-refractivity contribution in [1.29, 1.82) is 0 Å². The third-order valence-corrected chi connectivity index (χ3v) is 3.80. The number of halogens is 1.